The SMILES string of the molecule is CNC[C@@H]1C[C@H](c2cc(O)c(O)c(OC[C@@H]3C=CC[C@@H](C)C3)c2)CC(=O)[C@H]([C@H](O)CCc2ccc(O)c3c2CCCO3)[C@]2(CCC[C@@H]2Cc2ccc[nH]2)c2ccnc(c2)Nc2ccc3cc(O)ccc3c21. The molecule has 4 aliphatic rings. The van der Waals surface area contributed by atoms with Gasteiger partial charge in [-0.1, -0.05) is 43.7 Å². The summed E-state index contributed by atoms with van der Waals surface area (Å²) in [4.78, 5) is 24.7. The van der Waals surface area contributed by atoms with Gasteiger partial charge in [-0.05, 0) is 189 Å². The first-order chi connectivity index (χ1) is 34.5. The molecule has 71 heavy (non-hydrogen) atoms. The normalized spacial score (nSPS) is 24.7. The second kappa shape index (κ2) is 20.7. The van der Waals surface area contributed by atoms with Crippen LogP contribution in [0.3, 0.4) is 0 Å². The molecule has 0 amide bonds. The van der Waals surface area contributed by atoms with Crippen molar-refractivity contribution in [3.63, 3.8) is 0 Å². The van der Waals surface area contributed by atoms with Crippen molar-refractivity contribution in [2.45, 2.75) is 107 Å². The Morgan fingerprint density at radius 2 is 1.87 bits per heavy atom. The number of hydrogen-bond donors (Lipinski definition) is 8. The Bertz CT molecular complexity index is 2900. The number of rotatable bonds is 12. The summed E-state index contributed by atoms with van der Waals surface area (Å²) in [5.74, 6) is -0.209. The lowest BCUT2D eigenvalue weighted by atomic mass is 9.58. The molecule has 2 bridgehead atoms. The number of allylic oxidation sites excluding steroid dienone is 1. The molecule has 1 spiro atoms. The van der Waals surface area contributed by atoms with Gasteiger partial charge < -0.3 is 50.6 Å². The van der Waals surface area contributed by atoms with Gasteiger partial charge in [0.1, 0.15) is 17.4 Å². The van der Waals surface area contributed by atoms with Gasteiger partial charge in [-0.15, -0.1) is 0 Å². The van der Waals surface area contributed by atoms with E-state index < -0.39 is 23.4 Å². The van der Waals surface area contributed by atoms with Crippen molar-refractivity contribution >= 4 is 28.1 Å². The summed E-state index contributed by atoms with van der Waals surface area (Å²) in [6, 6.07) is 24.6. The fourth-order valence-corrected chi connectivity index (χ4v) is 13.1. The number of aromatic amines is 1. The Balaban J connectivity index is 1.14. The first-order valence-corrected chi connectivity index (χ1v) is 25.8. The van der Waals surface area contributed by atoms with E-state index in [1.807, 2.05) is 55.8 Å². The Morgan fingerprint density at radius 1 is 0.986 bits per heavy atom. The van der Waals surface area contributed by atoms with E-state index in [0.717, 1.165) is 82.9 Å². The third-order valence-corrected chi connectivity index (χ3v) is 16.3. The van der Waals surface area contributed by atoms with Gasteiger partial charge in [0, 0.05) is 53.6 Å². The van der Waals surface area contributed by atoms with Crippen LogP contribution in [-0.4, -0.2) is 74.2 Å². The van der Waals surface area contributed by atoms with Crippen molar-refractivity contribution in [2.24, 2.45) is 23.7 Å². The maximum Gasteiger partial charge on any atom is 0.200 e. The van der Waals surface area contributed by atoms with E-state index in [-0.39, 0.29) is 58.7 Å². The molecule has 2 aliphatic carbocycles. The number of ether oxygens (including phenoxy) is 2. The minimum absolute atomic E-state index is 0.0279. The maximum atomic E-state index is 16.3. The third kappa shape index (κ3) is 9.81. The van der Waals surface area contributed by atoms with Gasteiger partial charge in [0.05, 0.1) is 25.2 Å². The second-order valence-electron chi connectivity index (χ2n) is 20.9. The van der Waals surface area contributed by atoms with Gasteiger partial charge in [-0.3, -0.25) is 4.79 Å². The predicted octanol–water partition coefficient (Wildman–Crippen LogP) is 10.8. The number of carbonyl (C=O) groups excluding carboxylic acids is 1. The topological polar surface area (TPSA) is 189 Å². The molecule has 8 N–H and O–H groups in total. The number of hydrogen-bond acceptors (Lipinski definition) is 11. The van der Waals surface area contributed by atoms with E-state index in [1.165, 1.54) is 0 Å². The van der Waals surface area contributed by atoms with Gasteiger partial charge in [0.25, 0.3) is 0 Å². The molecule has 0 unspecified atom stereocenters. The number of aromatic nitrogens is 2. The van der Waals surface area contributed by atoms with Crippen molar-refractivity contribution in [3.05, 3.63) is 137 Å². The molecule has 4 aromatic carbocycles. The minimum Gasteiger partial charge on any atom is -0.508 e. The molecule has 2 aromatic heterocycles. The molecule has 10 rings (SSSR count). The van der Waals surface area contributed by atoms with Crippen LogP contribution < -0.4 is 20.1 Å². The Morgan fingerprint density at radius 3 is 2.70 bits per heavy atom. The number of phenols is 4. The highest BCUT2D eigenvalue weighted by Crippen LogP contribution is 2.56. The zero-order valence-corrected chi connectivity index (χ0v) is 40.9. The fourth-order valence-electron chi connectivity index (χ4n) is 13.1. The molecule has 12 heteroatoms. The highest BCUT2D eigenvalue weighted by Gasteiger charge is 2.55. The molecule has 0 radical (unpaired) electrons. The zero-order chi connectivity index (χ0) is 49.2. The van der Waals surface area contributed by atoms with Gasteiger partial charge in [-0.25, -0.2) is 4.98 Å². The number of likely N-dealkylation sites (N-methyl/N-ethyl adjacent to an activating group) is 1. The standard InChI is InChI=1S/C59H68N4O8/c1-35-7-3-8-36(25-35)34-71-53-30-40(29-52(68)57(53)69)39-26-41(33-60-2)55-46-16-15-45(64)27-38(46)12-17-48(55)63-54-32-43(20-23-62-54)59(21-4-9-42(59)31-44-10-5-22-61-44)56(51(67)28-39)49(65)18-13-37-14-19-50(66)58-47(37)11-6-24-70-58/h3,5,8,10,12,14-17,19-20,22-23,27,29-30,32,35-36,39,41-42,49,56,60-61,64-66,68-69H,4,6-7,9,11,13,18,21,24-26,28,31,33-34H2,1-2H3,(H,62,63)/t35-,36-,39+,41+,42-,49-,56+,59+/m1/s1. The van der Waals surface area contributed by atoms with Crippen LogP contribution in [0.4, 0.5) is 11.5 Å². The van der Waals surface area contributed by atoms with E-state index in [0.29, 0.717) is 74.9 Å². The van der Waals surface area contributed by atoms with E-state index in [4.69, 9.17) is 14.5 Å². The number of H-pyrrole nitrogens is 1. The number of aliphatic hydroxyl groups is 1. The lowest BCUT2D eigenvalue weighted by Crippen LogP contribution is -2.50. The minimum atomic E-state index is -1.07. The molecule has 12 nitrogen and oxygen atoms in total. The molecule has 0 saturated heterocycles. The molecule has 6 aromatic rings. The summed E-state index contributed by atoms with van der Waals surface area (Å²) in [5.41, 5.74) is 5.59. The molecule has 1 saturated carbocycles. The largest absolute Gasteiger partial charge is 0.508 e. The van der Waals surface area contributed by atoms with Crippen LogP contribution in [0.25, 0.3) is 10.8 Å². The molecular formula is C59H68N4O8. The van der Waals surface area contributed by atoms with E-state index in [2.05, 4.69) is 46.8 Å². The number of aryl methyl sites for hydroxylation is 1. The highest BCUT2D eigenvalue weighted by molar-refractivity contribution is 5.93. The van der Waals surface area contributed by atoms with Gasteiger partial charge in [0.2, 0.25) is 5.75 Å². The number of benzene rings is 4. The number of carbonyl (C=O) groups is 1. The summed E-state index contributed by atoms with van der Waals surface area (Å²) < 4.78 is 12.3. The lowest BCUT2D eigenvalue weighted by molar-refractivity contribution is -0.132. The van der Waals surface area contributed by atoms with Gasteiger partial charge in [-0.2, -0.15) is 0 Å². The molecule has 8 atom stereocenters. The summed E-state index contributed by atoms with van der Waals surface area (Å²) in [6.45, 7) is 3.58. The number of phenolic OH excluding ortho intramolecular Hbond substituents is 4. The van der Waals surface area contributed by atoms with Crippen molar-refractivity contribution in [2.75, 3.05) is 32.1 Å². The number of nitrogens with zero attached hydrogens (tertiary/aromatic N) is 1. The first kappa shape index (κ1) is 48.1. The van der Waals surface area contributed by atoms with E-state index in [1.54, 1.807) is 30.3 Å². The Hall–Kier alpha value is -6.50. The number of fused-ring (bicyclic) bond motifs is 7. The average molecular weight is 961 g/mol. The lowest BCUT2D eigenvalue weighted by Gasteiger charge is -2.45. The number of anilines is 2. The van der Waals surface area contributed by atoms with Crippen LogP contribution >= 0.6 is 0 Å². The fraction of sp³-hybridized carbons (Fsp3) is 0.424. The Kier molecular flexibility index (Phi) is 14.0. The number of ketones is 1. The van der Waals surface area contributed by atoms with E-state index in [9.17, 15) is 25.5 Å². The Labute approximate surface area is 416 Å². The number of Topliss-reactive ketones (excluding diaryl/α,β-unsaturated/α-hetero) is 1. The van der Waals surface area contributed by atoms with Crippen LogP contribution in [0.15, 0.2) is 103 Å². The van der Waals surface area contributed by atoms with Gasteiger partial charge >= 0.3 is 0 Å². The summed E-state index contributed by atoms with van der Waals surface area (Å²) >= 11 is 0. The molecule has 4 heterocycles. The molecular weight excluding hydrogens is 893 g/mol. The first-order valence-electron chi connectivity index (χ1n) is 25.8. The maximum absolute atomic E-state index is 16.3. The average Bonchev–Trinajstić information content (AvgIpc) is 4.04. The third-order valence-electron chi connectivity index (χ3n) is 16.3. The second-order valence-corrected chi connectivity index (χ2v) is 20.9. The highest BCUT2D eigenvalue weighted by atomic mass is 16.5. The van der Waals surface area contributed by atoms with Crippen LogP contribution in [0, 0.1) is 23.7 Å². The number of pyridine rings is 1. The predicted molar refractivity (Wildman–Crippen MR) is 276 cm³/mol. The number of aliphatic hydroxyl groups excluding tert-OH is 1. The molecule has 372 valence electrons. The quantitative estimate of drug-likeness (QED) is 0.0430. The van der Waals surface area contributed by atoms with E-state index >= 15 is 4.79 Å². The smallest absolute Gasteiger partial charge is 0.200 e. The number of nitrogens with one attached hydrogen (secondary N) is 3. The van der Waals surface area contributed by atoms with Crippen LogP contribution in [0.2, 0.25) is 0 Å². The summed E-state index contributed by atoms with van der Waals surface area (Å²) in [6.07, 6.45) is 14.8. The van der Waals surface area contributed by atoms with Crippen molar-refractivity contribution in [1.82, 2.24) is 15.3 Å². The number of aromatic hydroxyl groups is 4. The summed E-state index contributed by atoms with van der Waals surface area (Å²) in [5, 5.41) is 66.5. The van der Waals surface area contributed by atoms with Crippen molar-refractivity contribution < 1.29 is 39.8 Å². The van der Waals surface area contributed by atoms with Crippen LogP contribution in [0.5, 0.6) is 34.5 Å². The summed E-state index contributed by atoms with van der Waals surface area (Å²) in [7, 11) is 1.91. The van der Waals surface area contributed by atoms with Crippen molar-refractivity contribution in [1.29, 1.82) is 0 Å². The molecule has 1 fully saturated rings. The van der Waals surface area contributed by atoms with Crippen LogP contribution in [-0.2, 0) is 29.5 Å². The van der Waals surface area contributed by atoms with Crippen LogP contribution in [0.1, 0.15) is 110 Å². The van der Waals surface area contributed by atoms with Crippen molar-refractivity contribution in [3.8, 4) is 34.5 Å². The zero-order valence-electron chi connectivity index (χ0n) is 40.9. The monoisotopic (exact) mass is 961 g/mol. The van der Waals surface area contributed by atoms with Gasteiger partial charge in [0.15, 0.2) is 23.0 Å². The molecule has 2 aliphatic heterocycles.